The molecule has 0 spiro atoms. The minimum absolute atomic E-state index is 0.0368. The predicted octanol–water partition coefficient (Wildman–Crippen LogP) is -4.44. The Hall–Kier alpha value is -8.45. The molecule has 1 unspecified atom stereocenters. The van der Waals surface area contributed by atoms with Crippen LogP contribution < -0.4 is 81.8 Å². The zero-order valence-electron chi connectivity index (χ0n) is 50.7. The maximum absolute atomic E-state index is 14.6. The second-order valence-corrected chi connectivity index (χ2v) is 22.0. The van der Waals surface area contributed by atoms with Gasteiger partial charge in [0.05, 0.1) is 17.8 Å². The largest absolute Gasteiger partial charge is 0.449 e. The molecule has 4 rings (SSSR count). The minimum atomic E-state index is -1.79. The van der Waals surface area contributed by atoms with Gasteiger partial charge in [-0.3, -0.25) is 47.9 Å². The average molecular weight is 1240 g/mol. The first kappa shape index (κ1) is 73.0. The van der Waals surface area contributed by atoms with Crippen LogP contribution in [0.2, 0.25) is 0 Å². The number of aliphatic hydroxyl groups excluding tert-OH is 2. The molecule has 1 saturated heterocycles. The number of aliphatic hydroxyl groups is 2. The van der Waals surface area contributed by atoms with Crippen molar-refractivity contribution in [1.82, 2.24) is 53.2 Å². The van der Waals surface area contributed by atoms with Gasteiger partial charge in [-0.2, -0.15) is 0 Å². The number of rotatable bonds is 25. The highest BCUT2D eigenvalue weighted by molar-refractivity contribution is 5.99. The van der Waals surface area contributed by atoms with Crippen molar-refractivity contribution in [3.63, 3.8) is 0 Å². The molecule has 1 heterocycles. The van der Waals surface area contributed by atoms with E-state index in [0.717, 1.165) is 11.1 Å². The molecule has 0 bridgehead atoms. The Balaban J connectivity index is 1.69. The fourth-order valence-electron chi connectivity index (χ4n) is 9.45. The quantitative estimate of drug-likeness (QED) is 0.0356. The van der Waals surface area contributed by atoms with Gasteiger partial charge in [0.2, 0.25) is 53.2 Å². The third kappa shape index (κ3) is 23.5. The van der Waals surface area contributed by atoms with E-state index in [1.165, 1.54) is 26.0 Å². The van der Waals surface area contributed by atoms with Gasteiger partial charge in [0.15, 0.2) is 6.10 Å². The Morgan fingerprint density at radius 2 is 1.02 bits per heavy atom. The van der Waals surface area contributed by atoms with E-state index >= 15 is 0 Å². The lowest BCUT2D eigenvalue weighted by Gasteiger charge is -2.29. The molecule has 0 aliphatic carbocycles. The first-order chi connectivity index (χ1) is 42.4. The summed E-state index contributed by atoms with van der Waals surface area (Å²) in [4.78, 5) is 155. The lowest BCUT2D eigenvalue weighted by atomic mass is 10.00. The Bertz CT molecular complexity index is 2830. The molecular formula is C60H89N15O14. The summed E-state index contributed by atoms with van der Waals surface area (Å²) >= 11 is 0. The SMILES string of the molecule is CC(C)C[C@@H]1NC(=O)[C@@H](Cc2ccccc2)NC(=O)[C@H](CCN)NC(=O)[C@@H](NC(=O)[C@H](CCN)NC(=O)[C@@H](NC(=O)[C@H](CCN)OC(=O)c2ccc(-c3ccccc3)cc2)C(C)O)CCNC(=O)[C@H]([C@H](C)O)NC(=O)[C@H](CCN)NC(=O)[C@H](CCN)NC1=O. The van der Waals surface area contributed by atoms with Gasteiger partial charge in [0, 0.05) is 19.4 Å². The number of carbonyl (C=O) groups is 11. The molecular weight excluding hydrogens is 1150 g/mol. The normalized spacial score (nSPS) is 21.9. The van der Waals surface area contributed by atoms with Gasteiger partial charge in [-0.25, -0.2) is 4.79 Å². The maximum atomic E-state index is 14.6. The highest BCUT2D eigenvalue weighted by Crippen LogP contribution is 2.20. The number of esters is 1. The first-order valence-corrected chi connectivity index (χ1v) is 29.7. The van der Waals surface area contributed by atoms with E-state index in [0.29, 0.717) is 5.56 Å². The Labute approximate surface area is 517 Å². The van der Waals surface area contributed by atoms with Crippen molar-refractivity contribution in [2.75, 3.05) is 39.3 Å². The molecule has 0 radical (unpaired) electrons. The minimum Gasteiger partial charge on any atom is -0.449 e. The molecule has 0 saturated carbocycles. The van der Waals surface area contributed by atoms with Crippen LogP contribution in [0.1, 0.15) is 88.6 Å². The summed E-state index contributed by atoms with van der Waals surface area (Å²) in [6, 6.07) is 10.4. The number of amides is 10. The van der Waals surface area contributed by atoms with Crippen LogP contribution in [0.3, 0.4) is 0 Å². The topological polar surface area (TPSA) is 488 Å². The van der Waals surface area contributed by atoms with Gasteiger partial charge in [-0.1, -0.05) is 86.6 Å². The van der Waals surface area contributed by atoms with Crippen LogP contribution in [0, 0.1) is 5.92 Å². The van der Waals surface area contributed by atoms with Gasteiger partial charge in [0.25, 0.3) is 5.91 Å². The number of hydrogen-bond acceptors (Lipinski definition) is 19. The van der Waals surface area contributed by atoms with Crippen LogP contribution in [-0.4, -0.2) is 187 Å². The van der Waals surface area contributed by atoms with Crippen molar-refractivity contribution in [1.29, 1.82) is 0 Å². The molecule has 29 heteroatoms. The number of hydrogen-bond donors (Lipinski definition) is 17. The third-order valence-corrected chi connectivity index (χ3v) is 14.3. The Kier molecular flexibility index (Phi) is 30.7. The van der Waals surface area contributed by atoms with Crippen molar-refractivity contribution in [2.24, 2.45) is 34.6 Å². The van der Waals surface area contributed by atoms with Gasteiger partial charge < -0.3 is 96.8 Å². The second kappa shape index (κ2) is 37.4. The number of benzene rings is 3. The fraction of sp³-hybridized carbons (Fsp3) is 0.517. The van der Waals surface area contributed by atoms with Crippen molar-refractivity contribution >= 4 is 65.0 Å². The maximum Gasteiger partial charge on any atom is 0.338 e. The number of nitrogens with one attached hydrogen (secondary N) is 10. The molecule has 3 aromatic carbocycles. The molecule has 12 atom stereocenters. The van der Waals surface area contributed by atoms with Gasteiger partial charge in [-0.15, -0.1) is 0 Å². The molecule has 22 N–H and O–H groups in total. The molecule has 29 nitrogen and oxygen atoms in total. The third-order valence-electron chi connectivity index (χ3n) is 14.3. The lowest BCUT2D eigenvalue weighted by molar-refractivity contribution is -0.138. The zero-order valence-corrected chi connectivity index (χ0v) is 50.7. The van der Waals surface area contributed by atoms with Crippen LogP contribution in [-0.2, 0) is 59.1 Å². The Morgan fingerprint density at radius 1 is 0.539 bits per heavy atom. The van der Waals surface area contributed by atoms with Crippen molar-refractivity contribution in [3.8, 4) is 11.1 Å². The summed E-state index contributed by atoms with van der Waals surface area (Å²) in [6.45, 7) is 4.56. The summed E-state index contributed by atoms with van der Waals surface area (Å²) < 4.78 is 5.54. The van der Waals surface area contributed by atoms with E-state index in [-0.39, 0.29) is 89.2 Å². The summed E-state index contributed by atoms with van der Waals surface area (Å²) in [5, 5.41) is 47.0. The van der Waals surface area contributed by atoms with E-state index in [4.69, 9.17) is 33.4 Å². The Morgan fingerprint density at radius 3 is 1.54 bits per heavy atom. The smallest absolute Gasteiger partial charge is 0.338 e. The summed E-state index contributed by atoms with van der Waals surface area (Å²) in [5.41, 5.74) is 31.8. The van der Waals surface area contributed by atoms with Crippen LogP contribution in [0.25, 0.3) is 11.1 Å². The molecule has 0 aromatic heterocycles. The molecule has 1 fully saturated rings. The lowest BCUT2D eigenvalue weighted by Crippen LogP contribution is -2.61. The van der Waals surface area contributed by atoms with E-state index in [9.17, 15) is 63.0 Å². The monoisotopic (exact) mass is 1240 g/mol. The molecule has 3 aromatic rings. The van der Waals surface area contributed by atoms with Crippen molar-refractivity contribution in [2.45, 2.75) is 152 Å². The van der Waals surface area contributed by atoms with E-state index in [1.807, 2.05) is 30.3 Å². The highest BCUT2D eigenvalue weighted by Gasteiger charge is 2.38. The van der Waals surface area contributed by atoms with Crippen LogP contribution >= 0.6 is 0 Å². The highest BCUT2D eigenvalue weighted by atomic mass is 16.5. The van der Waals surface area contributed by atoms with Crippen molar-refractivity contribution < 1.29 is 67.7 Å². The van der Waals surface area contributed by atoms with Crippen molar-refractivity contribution in [3.05, 3.63) is 96.1 Å². The standard InChI is InChI=1S/C60H89N15O14/c1-33(2)31-45-55(83)69-40(19-25-61)50(78)68-43(22-28-64)54(82)74-48(34(3)76)58(86)66-30-24-44(53(81)67-41(20-26-62)52(80)73-46(56(84)72-45)32-36-11-7-5-8-12-36)70-51(79)42(21-27-63)71-59(87)49(35(4)77)75-57(85)47(23-29-65)89-60(88)39-17-15-38(16-18-39)37-13-9-6-10-14-37/h5-18,33-35,40-49,76-77H,19-32,61-65H2,1-4H3,(H,66,86)(H,67,81)(H,68,78)(H,69,83)(H,70,79)(H,71,87)(H,72,84)(H,73,80)(H,74,82)(H,75,85)/t34-,35?,40-,41-,42-,43-,44-,45-,46+,47-,48-,49-/m0/s1. The summed E-state index contributed by atoms with van der Waals surface area (Å²) in [6.07, 6.45) is -6.42. The number of carbonyl (C=O) groups excluding carboxylic acids is 11. The van der Waals surface area contributed by atoms with Gasteiger partial charge in [-0.05, 0) is 120 Å². The van der Waals surface area contributed by atoms with E-state index < -0.39 is 151 Å². The zero-order chi connectivity index (χ0) is 65.7. The predicted molar refractivity (Wildman–Crippen MR) is 327 cm³/mol. The van der Waals surface area contributed by atoms with Gasteiger partial charge >= 0.3 is 5.97 Å². The molecule has 1 aliphatic rings. The van der Waals surface area contributed by atoms with Crippen LogP contribution in [0.5, 0.6) is 0 Å². The van der Waals surface area contributed by atoms with E-state index in [1.54, 1.807) is 56.3 Å². The van der Waals surface area contributed by atoms with E-state index in [2.05, 4.69) is 53.2 Å². The molecule has 1 aliphatic heterocycles. The number of ether oxygens (including phenoxy) is 1. The first-order valence-electron chi connectivity index (χ1n) is 29.7. The van der Waals surface area contributed by atoms with Crippen LogP contribution in [0.15, 0.2) is 84.9 Å². The average Bonchev–Trinajstić information content (AvgIpc) is 3.72. The van der Waals surface area contributed by atoms with Crippen LogP contribution in [0.4, 0.5) is 0 Å². The van der Waals surface area contributed by atoms with Gasteiger partial charge in [0.1, 0.15) is 54.4 Å². The second-order valence-electron chi connectivity index (χ2n) is 22.0. The molecule has 89 heavy (non-hydrogen) atoms. The summed E-state index contributed by atoms with van der Waals surface area (Å²) in [7, 11) is 0. The summed E-state index contributed by atoms with van der Waals surface area (Å²) in [5.74, 6) is -10.8. The molecule has 488 valence electrons. The number of nitrogens with two attached hydrogens (primary N) is 5. The molecule has 10 amide bonds. The fourth-order valence-corrected chi connectivity index (χ4v) is 9.45.